The lowest BCUT2D eigenvalue weighted by Gasteiger charge is -2.39. The molecule has 1 aromatic rings. The van der Waals surface area contributed by atoms with Crippen LogP contribution in [0.3, 0.4) is 0 Å². The number of fused-ring (bicyclic) bond motifs is 1. The van der Waals surface area contributed by atoms with Gasteiger partial charge in [0.2, 0.25) is 0 Å². The zero-order chi connectivity index (χ0) is 14.7. The molecule has 3 rings (SSSR count). The minimum atomic E-state index is 0.737. The molecule has 3 nitrogen and oxygen atoms in total. The Morgan fingerprint density at radius 2 is 2.19 bits per heavy atom. The van der Waals surface area contributed by atoms with Gasteiger partial charge in [0.1, 0.15) is 0 Å². The van der Waals surface area contributed by atoms with Crippen molar-refractivity contribution in [3.05, 3.63) is 28.8 Å². The lowest BCUT2D eigenvalue weighted by Crippen LogP contribution is -2.50. The quantitative estimate of drug-likeness (QED) is 0.843. The number of hydrogen-bond acceptors (Lipinski definition) is 3. The second kappa shape index (κ2) is 6.99. The van der Waals surface area contributed by atoms with Crippen LogP contribution in [0.1, 0.15) is 31.7 Å². The van der Waals surface area contributed by atoms with Crippen molar-refractivity contribution in [1.82, 2.24) is 10.2 Å². The Morgan fingerprint density at radius 1 is 1.29 bits per heavy atom. The van der Waals surface area contributed by atoms with Crippen molar-refractivity contribution in [3.8, 4) is 0 Å². The van der Waals surface area contributed by atoms with Crippen molar-refractivity contribution in [3.63, 3.8) is 0 Å². The summed E-state index contributed by atoms with van der Waals surface area (Å²) in [7, 11) is 0. The standard InChI is InChI=1S/C17H26ClN3/c1-2-7-19-12-14-5-6-17(16(18)11-14)21-10-9-20-8-3-4-15(20)13-21/h5-6,11,15,19H,2-4,7-10,12-13H2,1H3. The molecule has 0 aromatic heterocycles. The molecule has 0 amide bonds. The Kier molecular flexibility index (Phi) is 5.04. The molecule has 116 valence electrons. The van der Waals surface area contributed by atoms with Gasteiger partial charge in [-0.2, -0.15) is 0 Å². The summed E-state index contributed by atoms with van der Waals surface area (Å²) in [6.45, 7) is 8.85. The van der Waals surface area contributed by atoms with Crippen molar-refractivity contribution >= 4 is 17.3 Å². The van der Waals surface area contributed by atoms with Crippen LogP contribution in [0.15, 0.2) is 18.2 Å². The predicted octanol–water partition coefficient (Wildman–Crippen LogP) is 3.12. The molecule has 1 atom stereocenters. The third kappa shape index (κ3) is 3.53. The van der Waals surface area contributed by atoms with Gasteiger partial charge in [0.15, 0.2) is 0 Å². The minimum Gasteiger partial charge on any atom is -0.367 e. The van der Waals surface area contributed by atoms with Crippen molar-refractivity contribution in [2.45, 2.75) is 38.8 Å². The first-order chi connectivity index (χ1) is 10.3. The topological polar surface area (TPSA) is 18.5 Å². The van der Waals surface area contributed by atoms with E-state index in [0.29, 0.717) is 0 Å². The van der Waals surface area contributed by atoms with E-state index in [2.05, 4.69) is 40.2 Å². The Bertz CT molecular complexity index is 477. The molecule has 2 heterocycles. The smallest absolute Gasteiger partial charge is 0.0642 e. The van der Waals surface area contributed by atoms with E-state index in [9.17, 15) is 0 Å². The average Bonchev–Trinajstić information content (AvgIpc) is 2.95. The number of nitrogens with zero attached hydrogens (tertiary/aromatic N) is 2. The van der Waals surface area contributed by atoms with Gasteiger partial charge < -0.3 is 10.2 Å². The van der Waals surface area contributed by atoms with Gasteiger partial charge in [-0.25, -0.2) is 0 Å². The Hall–Kier alpha value is -0.770. The van der Waals surface area contributed by atoms with Crippen LogP contribution in [0, 0.1) is 0 Å². The first-order valence-electron chi connectivity index (χ1n) is 8.26. The van der Waals surface area contributed by atoms with E-state index in [-0.39, 0.29) is 0 Å². The third-order valence-corrected chi connectivity index (χ3v) is 5.00. The molecule has 0 spiro atoms. The molecule has 2 aliphatic rings. The molecular formula is C17H26ClN3. The van der Waals surface area contributed by atoms with E-state index in [1.807, 2.05) is 0 Å². The van der Waals surface area contributed by atoms with E-state index < -0.39 is 0 Å². The second-order valence-corrected chi connectivity index (χ2v) is 6.65. The fourth-order valence-corrected chi connectivity index (χ4v) is 3.86. The normalized spacial score (nSPS) is 22.6. The molecule has 2 aliphatic heterocycles. The van der Waals surface area contributed by atoms with Gasteiger partial charge in [-0.1, -0.05) is 24.6 Å². The summed E-state index contributed by atoms with van der Waals surface area (Å²) in [5.74, 6) is 0. The molecule has 2 fully saturated rings. The number of rotatable bonds is 5. The largest absolute Gasteiger partial charge is 0.367 e. The number of piperazine rings is 1. The van der Waals surface area contributed by atoms with Crippen LogP contribution < -0.4 is 10.2 Å². The summed E-state index contributed by atoms with van der Waals surface area (Å²) in [4.78, 5) is 5.10. The molecule has 1 aromatic carbocycles. The lowest BCUT2D eigenvalue weighted by atomic mass is 10.1. The maximum Gasteiger partial charge on any atom is 0.0642 e. The zero-order valence-electron chi connectivity index (χ0n) is 12.9. The summed E-state index contributed by atoms with van der Waals surface area (Å²) in [6.07, 6.45) is 3.86. The van der Waals surface area contributed by atoms with Gasteiger partial charge >= 0.3 is 0 Å². The number of hydrogen-bond donors (Lipinski definition) is 1. The highest BCUT2D eigenvalue weighted by Crippen LogP contribution is 2.31. The summed E-state index contributed by atoms with van der Waals surface area (Å²) >= 11 is 6.54. The molecule has 1 N–H and O–H groups in total. The average molecular weight is 308 g/mol. The van der Waals surface area contributed by atoms with E-state index in [0.717, 1.165) is 43.7 Å². The molecule has 0 saturated carbocycles. The van der Waals surface area contributed by atoms with Gasteiger partial charge in [0, 0.05) is 32.2 Å². The lowest BCUT2D eigenvalue weighted by molar-refractivity contribution is 0.231. The Morgan fingerprint density at radius 3 is 3.00 bits per heavy atom. The maximum absolute atomic E-state index is 6.54. The highest BCUT2D eigenvalue weighted by Gasteiger charge is 2.31. The van der Waals surface area contributed by atoms with Crippen molar-refractivity contribution in [2.75, 3.05) is 37.6 Å². The second-order valence-electron chi connectivity index (χ2n) is 6.24. The SMILES string of the molecule is CCCNCc1ccc(N2CCN3CCCC3C2)c(Cl)c1. The van der Waals surface area contributed by atoms with Crippen LogP contribution in [-0.2, 0) is 6.54 Å². The molecule has 21 heavy (non-hydrogen) atoms. The first kappa shape index (κ1) is 15.1. The molecule has 0 aliphatic carbocycles. The minimum absolute atomic E-state index is 0.737. The van der Waals surface area contributed by atoms with Gasteiger partial charge in [-0.05, 0) is 50.0 Å². The number of halogens is 1. The van der Waals surface area contributed by atoms with E-state index in [4.69, 9.17) is 11.6 Å². The predicted molar refractivity (Wildman–Crippen MR) is 90.3 cm³/mol. The van der Waals surface area contributed by atoms with Crippen LogP contribution in [-0.4, -0.2) is 43.7 Å². The molecule has 2 saturated heterocycles. The number of anilines is 1. The van der Waals surface area contributed by atoms with Gasteiger partial charge in [-0.3, -0.25) is 4.90 Å². The van der Waals surface area contributed by atoms with Gasteiger partial charge in [0.25, 0.3) is 0 Å². The third-order valence-electron chi connectivity index (χ3n) is 4.70. The first-order valence-corrected chi connectivity index (χ1v) is 8.64. The van der Waals surface area contributed by atoms with Crippen LogP contribution in [0.25, 0.3) is 0 Å². The molecular weight excluding hydrogens is 282 g/mol. The summed E-state index contributed by atoms with van der Waals surface area (Å²) in [6, 6.07) is 7.28. The molecule has 1 unspecified atom stereocenters. The molecule has 0 bridgehead atoms. The summed E-state index contributed by atoms with van der Waals surface area (Å²) < 4.78 is 0. The van der Waals surface area contributed by atoms with Crippen LogP contribution in [0.5, 0.6) is 0 Å². The summed E-state index contributed by atoms with van der Waals surface area (Å²) in [5, 5.41) is 4.33. The number of benzene rings is 1. The van der Waals surface area contributed by atoms with Gasteiger partial charge in [-0.15, -0.1) is 0 Å². The van der Waals surface area contributed by atoms with Crippen molar-refractivity contribution in [2.24, 2.45) is 0 Å². The van der Waals surface area contributed by atoms with Crippen LogP contribution in [0.4, 0.5) is 5.69 Å². The zero-order valence-corrected chi connectivity index (χ0v) is 13.7. The fraction of sp³-hybridized carbons (Fsp3) is 0.647. The van der Waals surface area contributed by atoms with E-state index in [1.54, 1.807) is 0 Å². The Balaban J connectivity index is 1.65. The number of nitrogens with one attached hydrogen (secondary N) is 1. The maximum atomic E-state index is 6.54. The molecule has 4 heteroatoms. The Labute approximate surface area is 133 Å². The van der Waals surface area contributed by atoms with E-state index >= 15 is 0 Å². The highest BCUT2D eigenvalue weighted by molar-refractivity contribution is 6.33. The molecule has 0 radical (unpaired) electrons. The van der Waals surface area contributed by atoms with Crippen molar-refractivity contribution in [1.29, 1.82) is 0 Å². The monoisotopic (exact) mass is 307 g/mol. The van der Waals surface area contributed by atoms with Crippen LogP contribution >= 0.6 is 11.6 Å². The highest BCUT2D eigenvalue weighted by atomic mass is 35.5. The van der Waals surface area contributed by atoms with Crippen LogP contribution in [0.2, 0.25) is 5.02 Å². The van der Waals surface area contributed by atoms with Crippen molar-refractivity contribution < 1.29 is 0 Å². The van der Waals surface area contributed by atoms with Gasteiger partial charge in [0.05, 0.1) is 10.7 Å². The fourth-order valence-electron chi connectivity index (χ4n) is 3.54. The summed E-state index contributed by atoms with van der Waals surface area (Å²) in [5.41, 5.74) is 2.49. The van der Waals surface area contributed by atoms with E-state index in [1.165, 1.54) is 37.2 Å².